The van der Waals surface area contributed by atoms with Crippen molar-refractivity contribution in [3.8, 4) is 0 Å². The van der Waals surface area contributed by atoms with Crippen LogP contribution in [0, 0.1) is 0 Å². The van der Waals surface area contributed by atoms with Crippen molar-refractivity contribution >= 4 is 12.9 Å². The monoisotopic (exact) mass is 190 g/mol. The van der Waals surface area contributed by atoms with Crippen LogP contribution >= 0.6 is 7.37 Å². The van der Waals surface area contributed by atoms with Gasteiger partial charge in [-0.2, -0.15) is 0 Å². The van der Waals surface area contributed by atoms with Gasteiger partial charge >= 0.3 is 0 Å². The van der Waals surface area contributed by atoms with Gasteiger partial charge in [-0.05, 0) is 0 Å². The summed E-state index contributed by atoms with van der Waals surface area (Å²) in [4.78, 5) is 13.0. The first-order valence-electron chi connectivity index (χ1n) is 3.36. The molecule has 1 atom stereocenters. The molecule has 1 unspecified atom stereocenters. The van der Waals surface area contributed by atoms with Crippen LogP contribution < -0.4 is 5.57 Å². The average molecular weight is 190 g/mol. The zero-order valence-corrected chi connectivity index (χ0v) is 7.86. The summed E-state index contributed by atoms with van der Waals surface area (Å²) in [5.74, 6) is 0. The number of hydrogen-bond donors (Lipinski definition) is 1. The Hall–Kier alpha value is -0.640. The van der Waals surface area contributed by atoms with E-state index in [1.54, 1.807) is 6.20 Å². The molecule has 0 aliphatic rings. The Labute approximate surface area is 70.4 Å². The van der Waals surface area contributed by atoms with Crippen LogP contribution in [0.3, 0.4) is 0 Å². The third kappa shape index (κ3) is 1.94. The molecule has 0 fully saturated rings. The molecule has 68 valence electrons. The molecule has 1 heterocycles. The lowest BCUT2D eigenvalue weighted by atomic mass is 10.9. The smallest absolute Gasteiger partial charge is 0.261 e. The molecule has 0 saturated heterocycles. The number of methoxy groups -OCH3 is 1. The van der Waals surface area contributed by atoms with E-state index in [1.807, 2.05) is 0 Å². The highest BCUT2D eigenvalue weighted by Crippen LogP contribution is 2.32. The molecule has 6 heteroatoms. The molecule has 0 radical (unpaired) electrons. The van der Waals surface area contributed by atoms with E-state index in [0.29, 0.717) is 0 Å². The molecule has 12 heavy (non-hydrogen) atoms. The normalized spacial score (nSPS) is 15.9. The maximum atomic E-state index is 11.2. The molecular weight excluding hydrogens is 179 g/mol. The van der Waals surface area contributed by atoms with Crippen LogP contribution in [-0.4, -0.2) is 28.2 Å². The second kappa shape index (κ2) is 3.39. The summed E-state index contributed by atoms with van der Waals surface area (Å²) in [6.45, 7) is 1.50. The largest absolute Gasteiger partial charge is 0.364 e. The number of imidazole rings is 1. The van der Waals surface area contributed by atoms with Crippen molar-refractivity contribution in [3.63, 3.8) is 0 Å². The van der Waals surface area contributed by atoms with Crippen LogP contribution in [0.15, 0.2) is 12.4 Å². The minimum atomic E-state index is -3.27. The second-order valence-corrected chi connectivity index (χ2v) is 4.65. The maximum Gasteiger partial charge on any atom is 0.261 e. The van der Waals surface area contributed by atoms with Crippen molar-refractivity contribution in [1.82, 2.24) is 9.55 Å². The van der Waals surface area contributed by atoms with Crippen molar-refractivity contribution < 1.29 is 14.2 Å². The van der Waals surface area contributed by atoms with E-state index in [1.165, 1.54) is 24.5 Å². The molecule has 0 aliphatic carbocycles. The van der Waals surface area contributed by atoms with Gasteiger partial charge in [0, 0.05) is 26.2 Å². The molecule has 0 aromatic carbocycles. The number of hydrogen-bond acceptors (Lipinski definition) is 3. The topological polar surface area (TPSA) is 64.4 Å². The van der Waals surface area contributed by atoms with E-state index < -0.39 is 7.37 Å². The fourth-order valence-electron chi connectivity index (χ4n) is 0.907. The summed E-state index contributed by atoms with van der Waals surface area (Å²) in [6.07, 6.45) is 3.08. The third-order valence-corrected chi connectivity index (χ3v) is 2.45. The van der Waals surface area contributed by atoms with Gasteiger partial charge in [0.05, 0.1) is 0 Å². The van der Waals surface area contributed by atoms with Crippen molar-refractivity contribution in [2.45, 2.75) is 6.73 Å². The number of rotatable bonds is 3. The zero-order valence-electron chi connectivity index (χ0n) is 6.97. The molecule has 0 spiro atoms. The Bertz CT molecular complexity index is 303. The number of nitrogens with zero attached hydrogens (tertiary/aromatic N) is 2. The lowest BCUT2D eigenvalue weighted by Crippen LogP contribution is -2.19. The van der Waals surface area contributed by atoms with E-state index in [-0.39, 0.29) is 12.3 Å². The quantitative estimate of drug-likeness (QED) is 0.682. The Morgan fingerprint density at radius 1 is 1.83 bits per heavy atom. The Morgan fingerprint density at radius 3 is 3.00 bits per heavy atom. The average Bonchev–Trinajstić information content (AvgIpc) is 2.34. The van der Waals surface area contributed by atoms with Gasteiger partial charge in [-0.25, -0.2) is 4.98 Å². The van der Waals surface area contributed by atoms with Gasteiger partial charge < -0.3 is 14.2 Å². The molecule has 0 amide bonds. The lowest BCUT2D eigenvalue weighted by Gasteiger charge is -2.07. The molecule has 1 aromatic rings. The zero-order chi connectivity index (χ0) is 9.19. The van der Waals surface area contributed by atoms with Crippen LogP contribution in [-0.2, 0) is 16.0 Å². The summed E-state index contributed by atoms with van der Waals surface area (Å²) < 4.78 is 17.5. The van der Waals surface area contributed by atoms with Crippen molar-refractivity contribution in [3.05, 3.63) is 12.4 Å². The second-order valence-electron chi connectivity index (χ2n) is 2.49. The third-order valence-electron chi connectivity index (χ3n) is 1.33. The summed E-state index contributed by atoms with van der Waals surface area (Å²) in [5.41, 5.74) is 0.171. The van der Waals surface area contributed by atoms with E-state index in [2.05, 4.69) is 4.98 Å². The fraction of sp³-hybridized carbons (Fsp3) is 0.500. The number of ether oxygens (including phenoxy) is 1. The summed E-state index contributed by atoms with van der Waals surface area (Å²) in [6, 6.07) is 0. The molecule has 0 saturated carbocycles. The molecule has 5 nitrogen and oxygen atoms in total. The lowest BCUT2D eigenvalue weighted by molar-refractivity contribution is 0.133. The van der Waals surface area contributed by atoms with E-state index in [9.17, 15) is 9.46 Å². The first-order chi connectivity index (χ1) is 5.55. The number of aromatic nitrogens is 2. The Morgan fingerprint density at radius 2 is 2.50 bits per heavy atom. The van der Waals surface area contributed by atoms with Crippen LogP contribution in [0.25, 0.3) is 0 Å². The van der Waals surface area contributed by atoms with Gasteiger partial charge in [-0.1, -0.05) is 0 Å². The van der Waals surface area contributed by atoms with E-state index in [4.69, 9.17) is 4.74 Å². The minimum Gasteiger partial charge on any atom is -0.364 e. The molecule has 0 bridgehead atoms. The fourth-order valence-corrected chi connectivity index (χ4v) is 1.79. The van der Waals surface area contributed by atoms with Crippen LogP contribution in [0.4, 0.5) is 0 Å². The maximum absolute atomic E-state index is 11.2. The van der Waals surface area contributed by atoms with Gasteiger partial charge in [0.2, 0.25) is 0 Å². The SMILES string of the molecule is COCn1ccnc1P(C)(=O)O. The van der Waals surface area contributed by atoms with Crippen LogP contribution in [0.1, 0.15) is 0 Å². The van der Waals surface area contributed by atoms with Gasteiger partial charge in [0.15, 0.2) is 5.57 Å². The molecule has 1 aromatic heterocycles. The van der Waals surface area contributed by atoms with Crippen molar-refractivity contribution in [2.24, 2.45) is 0 Å². The molecule has 1 rings (SSSR count). The van der Waals surface area contributed by atoms with Crippen molar-refractivity contribution in [2.75, 3.05) is 13.8 Å². The highest BCUT2D eigenvalue weighted by atomic mass is 31.2. The molecular formula is C6H11N2O3P. The van der Waals surface area contributed by atoms with E-state index >= 15 is 0 Å². The van der Waals surface area contributed by atoms with Crippen LogP contribution in [0.5, 0.6) is 0 Å². The van der Waals surface area contributed by atoms with Gasteiger partial charge in [-0.3, -0.25) is 4.57 Å². The molecule has 0 aliphatic heterocycles. The van der Waals surface area contributed by atoms with Gasteiger partial charge in [0.25, 0.3) is 7.37 Å². The predicted molar refractivity (Wildman–Crippen MR) is 44.6 cm³/mol. The van der Waals surface area contributed by atoms with E-state index in [0.717, 1.165) is 0 Å². The van der Waals surface area contributed by atoms with Gasteiger partial charge in [0.1, 0.15) is 6.73 Å². The first kappa shape index (κ1) is 9.45. The van der Waals surface area contributed by atoms with Gasteiger partial charge in [-0.15, -0.1) is 0 Å². The van der Waals surface area contributed by atoms with Crippen LogP contribution in [0.2, 0.25) is 0 Å². The minimum absolute atomic E-state index is 0.171. The first-order valence-corrected chi connectivity index (χ1v) is 5.47. The predicted octanol–water partition coefficient (Wildman–Crippen LogP) is 0.0125. The highest BCUT2D eigenvalue weighted by Gasteiger charge is 2.19. The Kier molecular flexibility index (Phi) is 2.67. The summed E-state index contributed by atoms with van der Waals surface area (Å²) >= 11 is 0. The van der Waals surface area contributed by atoms with Crippen molar-refractivity contribution in [1.29, 1.82) is 0 Å². The summed E-state index contributed by atoms with van der Waals surface area (Å²) in [7, 11) is -1.75. The highest BCUT2D eigenvalue weighted by molar-refractivity contribution is 7.64. The summed E-state index contributed by atoms with van der Waals surface area (Å²) in [5, 5.41) is 0. The standard InChI is InChI=1S/C6H11N2O3P/c1-11-5-8-4-3-7-6(8)12(2,9)10/h3-4H,5H2,1-2H3,(H,9,10). The Balaban J connectivity index is 2.99. The molecule has 1 N–H and O–H groups in total.